The number of aromatic nitrogens is 3. The molecule has 0 saturated heterocycles. The van der Waals surface area contributed by atoms with Crippen LogP contribution in [0.3, 0.4) is 0 Å². The van der Waals surface area contributed by atoms with Gasteiger partial charge < -0.3 is 5.32 Å². The summed E-state index contributed by atoms with van der Waals surface area (Å²) in [6, 6.07) is 11.4. The van der Waals surface area contributed by atoms with Crippen molar-refractivity contribution in [1.29, 1.82) is 0 Å². The van der Waals surface area contributed by atoms with E-state index in [4.69, 9.17) is 0 Å². The third kappa shape index (κ3) is 3.97. The highest BCUT2D eigenvalue weighted by Crippen LogP contribution is 2.19. The van der Waals surface area contributed by atoms with Gasteiger partial charge in [0.1, 0.15) is 0 Å². The molecular weight excluding hydrogens is 288 g/mol. The van der Waals surface area contributed by atoms with Gasteiger partial charge in [0.15, 0.2) is 0 Å². The molecule has 5 nitrogen and oxygen atoms in total. The van der Waals surface area contributed by atoms with Gasteiger partial charge in [0, 0.05) is 43.1 Å². The summed E-state index contributed by atoms with van der Waals surface area (Å²) in [5.41, 5.74) is 3.62. The first-order chi connectivity index (χ1) is 11.3. The molecule has 0 spiro atoms. The van der Waals surface area contributed by atoms with E-state index in [0.717, 1.165) is 22.4 Å². The number of carbonyl (C=O) groups is 1. The van der Waals surface area contributed by atoms with Crippen molar-refractivity contribution in [1.82, 2.24) is 20.3 Å². The lowest BCUT2D eigenvalue weighted by molar-refractivity contribution is -0.120. The summed E-state index contributed by atoms with van der Waals surface area (Å²) in [6.07, 6.45) is 8.94. The number of hydrogen-bond acceptors (Lipinski definition) is 4. The fourth-order valence-corrected chi connectivity index (χ4v) is 2.29. The molecule has 114 valence electrons. The minimum atomic E-state index is -0.0426. The molecule has 0 aromatic carbocycles. The van der Waals surface area contributed by atoms with Crippen LogP contribution in [0.15, 0.2) is 67.4 Å². The fourth-order valence-electron chi connectivity index (χ4n) is 2.29. The molecule has 3 heterocycles. The van der Waals surface area contributed by atoms with Crippen LogP contribution in [0.25, 0.3) is 11.3 Å². The molecule has 1 amide bonds. The lowest BCUT2D eigenvalue weighted by atomic mass is 10.1. The minimum absolute atomic E-state index is 0.0426. The third-order valence-corrected chi connectivity index (χ3v) is 3.39. The Hall–Kier alpha value is -3.08. The summed E-state index contributed by atoms with van der Waals surface area (Å²) in [7, 11) is 0. The fraction of sp³-hybridized carbons (Fsp3) is 0.111. The van der Waals surface area contributed by atoms with Gasteiger partial charge >= 0.3 is 0 Å². The molecule has 0 aliphatic rings. The summed E-state index contributed by atoms with van der Waals surface area (Å²) in [6.45, 7) is 0.428. The van der Waals surface area contributed by atoms with Crippen molar-refractivity contribution in [2.75, 3.05) is 0 Å². The van der Waals surface area contributed by atoms with Crippen LogP contribution >= 0.6 is 0 Å². The van der Waals surface area contributed by atoms with Gasteiger partial charge in [0.05, 0.1) is 12.1 Å². The molecule has 3 aromatic heterocycles. The second-order valence-corrected chi connectivity index (χ2v) is 5.07. The lowest BCUT2D eigenvalue weighted by Crippen LogP contribution is -2.25. The second-order valence-electron chi connectivity index (χ2n) is 5.07. The third-order valence-electron chi connectivity index (χ3n) is 3.39. The van der Waals surface area contributed by atoms with Crippen molar-refractivity contribution >= 4 is 5.91 Å². The van der Waals surface area contributed by atoms with Gasteiger partial charge in [-0.2, -0.15) is 0 Å². The zero-order valence-electron chi connectivity index (χ0n) is 12.5. The van der Waals surface area contributed by atoms with E-state index in [2.05, 4.69) is 20.3 Å². The van der Waals surface area contributed by atoms with Crippen LogP contribution in [0.2, 0.25) is 0 Å². The van der Waals surface area contributed by atoms with Crippen molar-refractivity contribution in [3.05, 3.63) is 78.5 Å². The Bertz CT molecular complexity index is 775. The van der Waals surface area contributed by atoms with E-state index in [-0.39, 0.29) is 5.91 Å². The van der Waals surface area contributed by atoms with E-state index in [1.165, 1.54) is 0 Å². The first-order valence-corrected chi connectivity index (χ1v) is 7.33. The quantitative estimate of drug-likeness (QED) is 0.786. The molecule has 23 heavy (non-hydrogen) atoms. The SMILES string of the molecule is O=C(Cc1cccnc1)NCc1cccnc1-c1cccnc1. The zero-order chi connectivity index (χ0) is 15.9. The van der Waals surface area contributed by atoms with Crippen molar-refractivity contribution in [2.24, 2.45) is 0 Å². The Balaban J connectivity index is 1.68. The minimum Gasteiger partial charge on any atom is -0.352 e. The van der Waals surface area contributed by atoms with Gasteiger partial charge in [0.2, 0.25) is 5.91 Å². The molecule has 0 unspecified atom stereocenters. The molecule has 0 atom stereocenters. The summed E-state index contributed by atoms with van der Waals surface area (Å²) < 4.78 is 0. The van der Waals surface area contributed by atoms with Crippen LogP contribution in [0, 0.1) is 0 Å². The number of hydrogen-bond donors (Lipinski definition) is 1. The van der Waals surface area contributed by atoms with Crippen LogP contribution in [-0.4, -0.2) is 20.9 Å². The van der Waals surface area contributed by atoms with Crippen LogP contribution in [0.4, 0.5) is 0 Å². The van der Waals surface area contributed by atoms with Crippen LogP contribution in [0.1, 0.15) is 11.1 Å². The second kappa shape index (κ2) is 7.26. The smallest absolute Gasteiger partial charge is 0.224 e. The molecule has 5 heteroatoms. The lowest BCUT2D eigenvalue weighted by Gasteiger charge is -2.09. The molecule has 0 radical (unpaired) electrons. The summed E-state index contributed by atoms with van der Waals surface area (Å²) >= 11 is 0. The molecule has 0 fully saturated rings. The topological polar surface area (TPSA) is 67.8 Å². The van der Waals surface area contributed by atoms with Gasteiger partial charge in [-0.15, -0.1) is 0 Å². The van der Waals surface area contributed by atoms with E-state index in [1.807, 2.05) is 36.4 Å². The normalized spacial score (nSPS) is 10.3. The van der Waals surface area contributed by atoms with Gasteiger partial charge in [-0.05, 0) is 35.4 Å². The van der Waals surface area contributed by atoms with Crippen molar-refractivity contribution in [3.63, 3.8) is 0 Å². The molecule has 0 aliphatic carbocycles. The Morgan fingerprint density at radius 2 is 1.74 bits per heavy atom. The molecule has 0 bridgehead atoms. The molecular formula is C18H16N4O. The van der Waals surface area contributed by atoms with E-state index in [0.29, 0.717) is 13.0 Å². The molecule has 3 aromatic rings. The molecule has 1 N–H and O–H groups in total. The maximum absolute atomic E-state index is 12.1. The Kier molecular flexibility index (Phi) is 4.69. The van der Waals surface area contributed by atoms with Gasteiger partial charge in [-0.3, -0.25) is 19.7 Å². The standard InChI is InChI=1S/C18H16N4O/c23-17(10-14-4-1-7-19-11-14)22-13-16-6-3-9-21-18(16)15-5-2-8-20-12-15/h1-9,11-12H,10,13H2,(H,22,23). The van der Waals surface area contributed by atoms with Crippen LogP contribution < -0.4 is 5.32 Å². The number of rotatable bonds is 5. The number of nitrogens with zero attached hydrogens (tertiary/aromatic N) is 3. The Morgan fingerprint density at radius 3 is 2.48 bits per heavy atom. The average molecular weight is 304 g/mol. The van der Waals surface area contributed by atoms with Crippen molar-refractivity contribution in [2.45, 2.75) is 13.0 Å². The highest BCUT2D eigenvalue weighted by atomic mass is 16.1. The number of amides is 1. The number of pyridine rings is 3. The number of carbonyl (C=O) groups excluding carboxylic acids is 1. The number of nitrogens with one attached hydrogen (secondary N) is 1. The summed E-state index contributed by atoms with van der Waals surface area (Å²) in [4.78, 5) is 24.6. The maximum Gasteiger partial charge on any atom is 0.224 e. The van der Waals surface area contributed by atoms with Gasteiger partial charge in [0.25, 0.3) is 0 Å². The average Bonchev–Trinajstić information content (AvgIpc) is 2.62. The highest BCUT2D eigenvalue weighted by molar-refractivity contribution is 5.78. The van der Waals surface area contributed by atoms with Crippen molar-refractivity contribution < 1.29 is 4.79 Å². The maximum atomic E-state index is 12.1. The predicted molar refractivity (Wildman–Crippen MR) is 87.3 cm³/mol. The van der Waals surface area contributed by atoms with E-state index >= 15 is 0 Å². The van der Waals surface area contributed by atoms with Crippen LogP contribution in [-0.2, 0) is 17.8 Å². The largest absolute Gasteiger partial charge is 0.352 e. The molecule has 0 aliphatic heterocycles. The van der Waals surface area contributed by atoms with Gasteiger partial charge in [-0.25, -0.2) is 0 Å². The van der Waals surface area contributed by atoms with E-state index in [9.17, 15) is 4.79 Å². The summed E-state index contributed by atoms with van der Waals surface area (Å²) in [5.74, 6) is -0.0426. The predicted octanol–water partition coefficient (Wildman–Crippen LogP) is 2.40. The monoisotopic (exact) mass is 304 g/mol. The Morgan fingerprint density at radius 1 is 0.957 bits per heavy atom. The van der Waals surface area contributed by atoms with Crippen LogP contribution in [0.5, 0.6) is 0 Å². The van der Waals surface area contributed by atoms with Crippen molar-refractivity contribution in [3.8, 4) is 11.3 Å². The first kappa shape index (κ1) is 14.8. The van der Waals surface area contributed by atoms with Gasteiger partial charge in [-0.1, -0.05) is 12.1 Å². The van der Waals surface area contributed by atoms with E-state index < -0.39 is 0 Å². The molecule has 0 saturated carbocycles. The molecule has 3 rings (SSSR count). The highest BCUT2D eigenvalue weighted by Gasteiger charge is 2.08. The van der Waals surface area contributed by atoms with E-state index in [1.54, 1.807) is 31.0 Å². The zero-order valence-corrected chi connectivity index (χ0v) is 12.5. The first-order valence-electron chi connectivity index (χ1n) is 7.33. The Labute approximate surface area is 134 Å². The summed E-state index contributed by atoms with van der Waals surface area (Å²) in [5, 5.41) is 2.93.